The molecule has 0 aromatic heterocycles. The van der Waals surface area contributed by atoms with E-state index in [0.717, 1.165) is 22.3 Å². The molecule has 27 heavy (non-hydrogen) atoms. The maximum Gasteiger partial charge on any atom is 0.408 e. The van der Waals surface area contributed by atoms with Crippen LogP contribution in [-0.4, -0.2) is 54.4 Å². The summed E-state index contributed by atoms with van der Waals surface area (Å²) in [5.74, 6) is -1.07. The number of hydrogen-bond donors (Lipinski definition) is 2. The van der Waals surface area contributed by atoms with Crippen molar-refractivity contribution in [2.24, 2.45) is 0 Å². The lowest BCUT2D eigenvalue weighted by Crippen LogP contribution is -2.56. The van der Waals surface area contributed by atoms with E-state index in [-0.39, 0.29) is 19.1 Å². The summed E-state index contributed by atoms with van der Waals surface area (Å²) in [7, 11) is 1.84. The number of carboxylic acids is 1. The van der Waals surface area contributed by atoms with Gasteiger partial charge in [-0.15, -0.1) is 0 Å². The van der Waals surface area contributed by atoms with Crippen LogP contribution in [0.3, 0.4) is 0 Å². The van der Waals surface area contributed by atoms with Crippen LogP contribution >= 0.6 is 0 Å². The second kappa shape index (κ2) is 6.70. The van der Waals surface area contributed by atoms with Crippen LogP contribution in [0, 0.1) is 0 Å². The smallest absolute Gasteiger partial charge is 0.408 e. The lowest BCUT2D eigenvalue weighted by atomic mass is 9.98. The number of likely N-dealkylation sites (N-methyl/N-ethyl adjacent to an activating group) is 1. The highest BCUT2D eigenvalue weighted by molar-refractivity contribution is 5.85. The molecule has 0 spiro atoms. The summed E-state index contributed by atoms with van der Waals surface area (Å²) in [5, 5.41) is 12.2. The lowest BCUT2D eigenvalue weighted by Gasteiger charge is -2.25. The zero-order chi connectivity index (χ0) is 19.0. The number of nitrogens with one attached hydrogen (secondary N) is 1. The second-order valence-corrected chi connectivity index (χ2v) is 7.33. The van der Waals surface area contributed by atoms with Crippen molar-refractivity contribution in [3.8, 4) is 11.1 Å². The topological polar surface area (TPSA) is 78.9 Å². The van der Waals surface area contributed by atoms with E-state index < -0.39 is 17.6 Å². The van der Waals surface area contributed by atoms with Gasteiger partial charge >= 0.3 is 12.1 Å². The molecule has 6 nitrogen and oxygen atoms in total. The van der Waals surface area contributed by atoms with Crippen LogP contribution in [0.15, 0.2) is 48.5 Å². The van der Waals surface area contributed by atoms with Gasteiger partial charge in [-0.3, -0.25) is 0 Å². The number of carbonyl (C=O) groups excluding carboxylic acids is 1. The molecule has 0 saturated carbocycles. The van der Waals surface area contributed by atoms with Gasteiger partial charge in [-0.1, -0.05) is 48.5 Å². The number of benzene rings is 2. The molecular formula is C21H22N2O4. The number of amides is 1. The van der Waals surface area contributed by atoms with E-state index in [9.17, 15) is 14.7 Å². The molecule has 4 rings (SSSR count). The Hall–Kier alpha value is -2.86. The molecule has 1 aliphatic carbocycles. The van der Waals surface area contributed by atoms with E-state index in [1.54, 1.807) is 0 Å². The highest BCUT2D eigenvalue weighted by Gasteiger charge is 2.45. The predicted molar refractivity (Wildman–Crippen MR) is 101 cm³/mol. The van der Waals surface area contributed by atoms with E-state index in [4.69, 9.17) is 4.74 Å². The first-order valence-electron chi connectivity index (χ1n) is 9.05. The van der Waals surface area contributed by atoms with Gasteiger partial charge < -0.3 is 20.1 Å². The van der Waals surface area contributed by atoms with E-state index >= 15 is 0 Å². The summed E-state index contributed by atoms with van der Waals surface area (Å²) in [6.45, 7) is 1.06. The minimum absolute atomic E-state index is 0.0461. The number of alkyl carbamates (subject to hydrolysis) is 1. The molecule has 1 heterocycles. The number of carbonyl (C=O) groups is 2. The van der Waals surface area contributed by atoms with Crippen LogP contribution in [-0.2, 0) is 9.53 Å². The molecule has 1 unspecified atom stereocenters. The Morgan fingerprint density at radius 2 is 1.74 bits per heavy atom. The molecule has 1 fully saturated rings. The third-order valence-electron chi connectivity index (χ3n) is 5.55. The fourth-order valence-corrected chi connectivity index (χ4v) is 4.16. The fraction of sp³-hybridized carbons (Fsp3) is 0.333. The summed E-state index contributed by atoms with van der Waals surface area (Å²) in [6, 6.07) is 16.2. The van der Waals surface area contributed by atoms with Gasteiger partial charge in [0, 0.05) is 19.0 Å². The summed E-state index contributed by atoms with van der Waals surface area (Å²) < 4.78 is 5.48. The minimum Gasteiger partial charge on any atom is -0.479 e. The Morgan fingerprint density at radius 1 is 1.15 bits per heavy atom. The standard InChI is InChI=1S/C21H22N2O4/c1-23-11-10-21(13-23,19(24)25)22-20(26)27-12-18-16-8-4-2-6-14(16)15-7-3-5-9-17(15)18/h2-9,18H,10-13H2,1H3,(H,22,26)(H,24,25). The SMILES string of the molecule is CN1CCC(NC(=O)OCC2c3ccccc3-c3ccccc32)(C(=O)O)C1. The molecule has 0 radical (unpaired) electrons. The van der Waals surface area contributed by atoms with E-state index in [0.29, 0.717) is 13.0 Å². The average Bonchev–Trinajstić information content (AvgIpc) is 3.19. The lowest BCUT2D eigenvalue weighted by molar-refractivity contribution is -0.144. The Morgan fingerprint density at radius 3 is 2.26 bits per heavy atom. The maximum atomic E-state index is 12.4. The molecule has 140 valence electrons. The third kappa shape index (κ3) is 3.06. The second-order valence-electron chi connectivity index (χ2n) is 7.33. The van der Waals surface area contributed by atoms with Gasteiger partial charge in [-0.05, 0) is 35.7 Å². The van der Waals surface area contributed by atoms with Crippen LogP contribution in [0.5, 0.6) is 0 Å². The van der Waals surface area contributed by atoms with Crippen molar-refractivity contribution in [2.45, 2.75) is 17.9 Å². The van der Waals surface area contributed by atoms with Crippen molar-refractivity contribution in [2.75, 3.05) is 26.7 Å². The number of rotatable bonds is 4. The van der Waals surface area contributed by atoms with Gasteiger partial charge in [0.25, 0.3) is 0 Å². The number of hydrogen-bond acceptors (Lipinski definition) is 4. The number of likely N-dealkylation sites (tertiary alicyclic amines) is 1. The molecule has 1 aliphatic heterocycles. The molecule has 2 N–H and O–H groups in total. The van der Waals surface area contributed by atoms with Gasteiger partial charge in [-0.25, -0.2) is 9.59 Å². The van der Waals surface area contributed by atoms with Gasteiger partial charge in [0.2, 0.25) is 0 Å². The van der Waals surface area contributed by atoms with Gasteiger partial charge in [0.1, 0.15) is 6.61 Å². The Bertz CT molecular complexity index is 852. The Labute approximate surface area is 157 Å². The van der Waals surface area contributed by atoms with Crippen molar-refractivity contribution < 1.29 is 19.4 Å². The third-order valence-corrected chi connectivity index (χ3v) is 5.55. The molecule has 6 heteroatoms. The van der Waals surface area contributed by atoms with Crippen LogP contribution in [0.1, 0.15) is 23.5 Å². The number of carboxylic acid groups (broad SMARTS) is 1. The number of aliphatic carboxylic acids is 1. The monoisotopic (exact) mass is 366 g/mol. The first kappa shape index (κ1) is 17.5. The first-order chi connectivity index (χ1) is 13.0. The summed E-state index contributed by atoms with van der Waals surface area (Å²) in [5.41, 5.74) is 3.28. The van der Waals surface area contributed by atoms with Crippen LogP contribution in [0.25, 0.3) is 11.1 Å². The Kier molecular flexibility index (Phi) is 4.36. The molecule has 2 aromatic rings. The van der Waals surface area contributed by atoms with Gasteiger partial charge in [0.15, 0.2) is 5.54 Å². The van der Waals surface area contributed by atoms with Crippen LogP contribution < -0.4 is 5.32 Å². The van der Waals surface area contributed by atoms with E-state index in [1.807, 2.05) is 48.3 Å². The zero-order valence-corrected chi connectivity index (χ0v) is 15.1. The number of fused-ring (bicyclic) bond motifs is 3. The van der Waals surface area contributed by atoms with Crippen molar-refractivity contribution in [3.05, 3.63) is 59.7 Å². The largest absolute Gasteiger partial charge is 0.479 e. The quantitative estimate of drug-likeness (QED) is 0.870. The molecule has 2 aromatic carbocycles. The molecule has 1 amide bonds. The number of nitrogens with zero attached hydrogens (tertiary/aromatic N) is 1. The molecule has 0 bridgehead atoms. The summed E-state index contributed by atoms with van der Waals surface area (Å²) >= 11 is 0. The molecule has 1 atom stereocenters. The van der Waals surface area contributed by atoms with Gasteiger partial charge in [-0.2, -0.15) is 0 Å². The van der Waals surface area contributed by atoms with E-state index in [2.05, 4.69) is 17.4 Å². The fourth-order valence-electron chi connectivity index (χ4n) is 4.16. The van der Waals surface area contributed by atoms with Crippen molar-refractivity contribution in [1.29, 1.82) is 0 Å². The van der Waals surface area contributed by atoms with Crippen molar-refractivity contribution in [3.63, 3.8) is 0 Å². The normalized spacial score (nSPS) is 21.5. The maximum absolute atomic E-state index is 12.4. The highest BCUT2D eigenvalue weighted by atomic mass is 16.5. The van der Waals surface area contributed by atoms with Gasteiger partial charge in [0.05, 0.1) is 0 Å². The van der Waals surface area contributed by atoms with Crippen LogP contribution in [0.4, 0.5) is 4.79 Å². The number of ether oxygens (including phenoxy) is 1. The van der Waals surface area contributed by atoms with Crippen molar-refractivity contribution in [1.82, 2.24) is 10.2 Å². The Balaban J connectivity index is 1.49. The summed E-state index contributed by atoms with van der Waals surface area (Å²) in [4.78, 5) is 26.0. The van der Waals surface area contributed by atoms with Crippen LogP contribution in [0.2, 0.25) is 0 Å². The first-order valence-corrected chi connectivity index (χ1v) is 9.05. The summed E-state index contributed by atoms with van der Waals surface area (Å²) in [6.07, 6.45) is -0.321. The minimum atomic E-state index is -1.28. The van der Waals surface area contributed by atoms with Crippen molar-refractivity contribution >= 4 is 12.1 Å². The molecular weight excluding hydrogens is 344 g/mol. The average molecular weight is 366 g/mol. The molecule has 2 aliphatic rings. The highest BCUT2D eigenvalue weighted by Crippen LogP contribution is 2.44. The van der Waals surface area contributed by atoms with E-state index in [1.165, 1.54) is 0 Å². The predicted octanol–water partition coefficient (Wildman–Crippen LogP) is 2.68. The zero-order valence-electron chi connectivity index (χ0n) is 15.1. The molecule has 1 saturated heterocycles.